The Kier molecular flexibility index (Phi) is 14.5. The zero-order valence-corrected chi connectivity index (χ0v) is 19.0. The first kappa shape index (κ1) is 28.5. The van der Waals surface area contributed by atoms with Gasteiger partial charge in [-0.15, -0.1) is 12.4 Å². The highest BCUT2D eigenvalue weighted by Crippen LogP contribution is 2.27. The summed E-state index contributed by atoms with van der Waals surface area (Å²) in [5.41, 5.74) is 5.49. The van der Waals surface area contributed by atoms with E-state index in [1.54, 1.807) is 0 Å². The van der Waals surface area contributed by atoms with E-state index in [1.807, 2.05) is 13.8 Å². The van der Waals surface area contributed by atoms with Gasteiger partial charge in [0.25, 0.3) is 0 Å². The molecular weight excluding hydrogens is 412 g/mol. The van der Waals surface area contributed by atoms with Gasteiger partial charge in [-0.2, -0.15) is 0 Å². The van der Waals surface area contributed by atoms with Crippen LogP contribution >= 0.6 is 12.4 Å². The quantitative estimate of drug-likeness (QED) is 0.462. The van der Waals surface area contributed by atoms with Gasteiger partial charge in [0.05, 0.1) is 6.61 Å². The molecule has 9 heteroatoms. The summed E-state index contributed by atoms with van der Waals surface area (Å²) in [6.07, 6.45) is 9.85. The number of hydrogen-bond donors (Lipinski definition) is 4. The number of rotatable bonds is 7. The van der Waals surface area contributed by atoms with Crippen LogP contribution < -0.4 is 11.1 Å². The van der Waals surface area contributed by atoms with E-state index >= 15 is 0 Å². The fourth-order valence-electron chi connectivity index (χ4n) is 3.95. The average Bonchev–Trinajstić information content (AvgIpc) is 2.71. The summed E-state index contributed by atoms with van der Waals surface area (Å²) < 4.78 is 4.96. The number of hydrogen-bond acceptors (Lipinski definition) is 5. The molecule has 0 spiro atoms. The zero-order valence-electron chi connectivity index (χ0n) is 18.2. The molecular formula is C21H39ClN2O6. The molecule has 8 nitrogen and oxygen atoms in total. The number of carbonyl (C=O) groups is 3. The average molecular weight is 451 g/mol. The Morgan fingerprint density at radius 3 is 1.77 bits per heavy atom. The molecule has 2 saturated carbocycles. The lowest BCUT2D eigenvalue weighted by atomic mass is 9.84. The molecule has 0 aromatic rings. The maximum Gasteiger partial charge on any atom is 0.407 e. The van der Waals surface area contributed by atoms with E-state index in [1.165, 1.54) is 6.42 Å². The molecule has 176 valence electrons. The predicted molar refractivity (Wildman–Crippen MR) is 117 cm³/mol. The van der Waals surface area contributed by atoms with Gasteiger partial charge in [0.15, 0.2) is 0 Å². The maximum atomic E-state index is 11.5. The van der Waals surface area contributed by atoms with E-state index in [0.29, 0.717) is 6.61 Å². The lowest BCUT2D eigenvalue weighted by Crippen LogP contribution is -2.46. The van der Waals surface area contributed by atoms with Gasteiger partial charge in [-0.1, -0.05) is 52.4 Å². The van der Waals surface area contributed by atoms with Gasteiger partial charge < -0.3 is 26.0 Å². The lowest BCUT2D eigenvalue weighted by molar-refractivity contribution is -0.141. The van der Waals surface area contributed by atoms with Gasteiger partial charge in [-0.05, 0) is 43.4 Å². The normalized spacial score (nSPS) is 19.5. The number of carboxylic acid groups (broad SMARTS) is 2. The Morgan fingerprint density at radius 2 is 1.37 bits per heavy atom. The molecule has 1 amide bonds. The minimum Gasteiger partial charge on any atom is -0.480 e. The highest BCUT2D eigenvalue weighted by atomic mass is 35.5. The summed E-state index contributed by atoms with van der Waals surface area (Å²) in [6, 6.07) is -1.44. The van der Waals surface area contributed by atoms with Crippen molar-refractivity contribution < 1.29 is 29.3 Å². The third-order valence-corrected chi connectivity index (χ3v) is 5.65. The molecule has 1 unspecified atom stereocenters. The standard InChI is InChI=1S/C13H23NO4.C8H15NO2.ClH/c1-9(2)8-18-13(17)14-11(12(15)16)10-6-4-3-5-7-10;9-7(8(10)11)6-4-2-1-3-5-6;/h9-11H,3-8H2,1-2H3,(H,14,17)(H,15,16);6-7H,1-5,9H2,(H,10,11);1H/t11-;;/m0../s1. The van der Waals surface area contributed by atoms with Crippen LogP contribution in [0.4, 0.5) is 4.79 Å². The molecule has 2 aliphatic carbocycles. The molecule has 2 rings (SSSR count). The fourth-order valence-corrected chi connectivity index (χ4v) is 3.95. The molecule has 30 heavy (non-hydrogen) atoms. The van der Waals surface area contributed by atoms with Crippen molar-refractivity contribution in [2.24, 2.45) is 23.5 Å². The molecule has 0 aliphatic heterocycles. The maximum absolute atomic E-state index is 11.5. The highest BCUT2D eigenvalue weighted by molar-refractivity contribution is 5.85. The Morgan fingerprint density at radius 1 is 0.900 bits per heavy atom. The van der Waals surface area contributed by atoms with Crippen molar-refractivity contribution in [1.29, 1.82) is 0 Å². The summed E-state index contributed by atoms with van der Waals surface area (Å²) in [5, 5.41) is 20.3. The van der Waals surface area contributed by atoms with Crippen LogP contribution in [0.15, 0.2) is 0 Å². The van der Waals surface area contributed by atoms with Crippen molar-refractivity contribution in [3.05, 3.63) is 0 Å². The second-order valence-electron chi connectivity index (χ2n) is 8.61. The van der Waals surface area contributed by atoms with Crippen molar-refractivity contribution in [3.63, 3.8) is 0 Å². The minimum atomic E-state index is -0.969. The molecule has 0 aromatic heterocycles. The van der Waals surface area contributed by atoms with Gasteiger partial charge in [0, 0.05) is 0 Å². The monoisotopic (exact) mass is 450 g/mol. The highest BCUT2D eigenvalue weighted by Gasteiger charge is 2.31. The Balaban J connectivity index is 0.000000603. The van der Waals surface area contributed by atoms with Crippen LogP contribution in [-0.4, -0.2) is 46.9 Å². The number of aliphatic carboxylic acids is 2. The number of nitrogens with one attached hydrogen (secondary N) is 1. The fraction of sp³-hybridized carbons (Fsp3) is 0.857. The molecule has 5 N–H and O–H groups in total. The second kappa shape index (κ2) is 15.3. The Bertz CT molecular complexity index is 520. The van der Waals surface area contributed by atoms with E-state index in [4.69, 9.17) is 15.6 Å². The van der Waals surface area contributed by atoms with Gasteiger partial charge >= 0.3 is 18.0 Å². The molecule has 0 saturated heterocycles. The third-order valence-electron chi connectivity index (χ3n) is 5.65. The molecule has 2 aliphatic rings. The number of nitrogens with two attached hydrogens (primary N) is 1. The molecule has 0 bridgehead atoms. The number of carboxylic acids is 2. The first-order valence-corrected chi connectivity index (χ1v) is 10.9. The molecule has 2 fully saturated rings. The van der Waals surface area contributed by atoms with Crippen molar-refractivity contribution in [2.45, 2.75) is 90.1 Å². The summed E-state index contributed by atoms with van der Waals surface area (Å²) in [4.78, 5) is 33.2. The van der Waals surface area contributed by atoms with Crippen LogP contribution in [0, 0.1) is 17.8 Å². The van der Waals surface area contributed by atoms with Gasteiger partial charge in [0.1, 0.15) is 12.1 Å². The SMILES string of the molecule is CC(C)COC(=O)N[C@H](C(=O)O)C1CCCCC1.Cl.NC(C(=O)O)C1CCCCC1. The summed E-state index contributed by atoms with van der Waals surface area (Å²) in [7, 11) is 0. The van der Waals surface area contributed by atoms with Gasteiger partial charge in [-0.25, -0.2) is 9.59 Å². The first-order valence-electron chi connectivity index (χ1n) is 10.9. The van der Waals surface area contributed by atoms with E-state index in [0.717, 1.165) is 57.8 Å². The summed E-state index contributed by atoms with van der Waals surface area (Å²) in [5.74, 6) is -1.32. The van der Waals surface area contributed by atoms with Gasteiger partial charge in [-0.3, -0.25) is 4.79 Å². The zero-order chi connectivity index (χ0) is 21.8. The first-order chi connectivity index (χ1) is 13.7. The van der Waals surface area contributed by atoms with Crippen LogP contribution in [0.25, 0.3) is 0 Å². The van der Waals surface area contributed by atoms with Crippen LogP contribution in [-0.2, 0) is 14.3 Å². The van der Waals surface area contributed by atoms with Crippen molar-refractivity contribution in [3.8, 4) is 0 Å². The Hall–Kier alpha value is -1.54. The van der Waals surface area contributed by atoms with Crippen molar-refractivity contribution >= 4 is 30.4 Å². The minimum absolute atomic E-state index is 0. The number of halogens is 1. The number of carbonyl (C=O) groups excluding carboxylic acids is 1. The molecule has 0 heterocycles. The van der Waals surface area contributed by atoms with Crippen LogP contribution in [0.2, 0.25) is 0 Å². The largest absolute Gasteiger partial charge is 0.480 e. The number of alkyl carbamates (subject to hydrolysis) is 1. The topological polar surface area (TPSA) is 139 Å². The summed E-state index contributed by atoms with van der Waals surface area (Å²) in [6.45, 7) is 4.18. The number of ether oxygens (including phenoxy) is 1. The molecule has 0 radical (unpaired) electrons. The lowest BCUT2D eigenvalue weighted by Gasteiger charge is -2.27. The third kappa shape index (κ3) is 11.0. The Labute approximate surface area is 185 Å². The van der Waals surface area contributed by atoms with Crippen molar-refractivity contribution in [1.82, 2.24) is 5.32 Å². The van der Waals surface area contributed by atoms with E-state index < -0.39 is 30.1 Å². The smallest absolute Gasteiger partial charge is 0.407 e. The second-order valence-corrected chi connectivity index (χ2v) is 8.61. The molecule has 0 aromatic carbocycles. The number of amides is 1. The van der Waals surface area contributed by atoms with Crippen molar-refractivity contribution in [2.75, 3.05) is 6.61 Å². The van der Waals surface area contributed by atoms with E-state index in [9.17, 15) is 19.5 Å². The van der Waals surface area contributed by atoms with Crippen LogP contribution in [0.5, 0.6) is 0 Å². The van der Waals surface area contributed by atoms with Crippen LogP contribution in [0.3, 0.4) is 0 Å². The van der Waals surface area contributed by atoms with Crippen LogP contribution in [0.1, 0.15) is 78.1 Å². The predicted octanol–water partition coefficient (Wildman–Crippen LogP) is 3.80. The molecule has 2 atom stereocenters. The van der Waals surface area contributed by atoms with E-state index in [2.05, 4.69) is 5.32 Å². The summed E-state index contributed by atoms with van der Waals surface area (Å²) >= 11 is 0. The van der Waals surface area contributed by atoms with Gasteiger partial charge in [0.2, 0.25) is 0 Å². The van der Waals surface area contributed by atoms with E-state index in [-0.39, 0.29) is 30.2 Å².